The topological polar surface area (TPSA) is 84.1 Å². The molecule has 0 saturated carbocycles. The van der Waals surface area contributed by atoms with Crippen molar-refractivity contribution in [2.75, 3.05) is 20.8 Å². The normalized spacial score (nSPS) is 10.9. The number of aromatic nitrogens is 3. The zero-order valence-electron chi connectivity index (χ0n) is 22.1. The van der Waals surface area contributed by atoms with Gasteiger partial charge in [-0.15, -0.1) is 0 Å². The molecule has 0 amide bonds. The van der Waals surface area contributed by atoms with Gasteiger partial charge in [0.1, 0.15) is 17.0 Å². The van der Waals surface area contributed by atoms with Gasteiger partial charge in [0, 0.05) is 54.1 Å². The number of ether oxygens (including phenoxy) is 3. The molecule has 3 heterocycles. The molecule has 5 rings (SSSR count). The molecule has 198 valence electrons. The highest BCUT2D eigenvalue weighted by Crippen LogP contribution is 2.26. The molecular weight excluding hydrogens is 494 g/mol. The molecule has 8 heteroatoms. The molecule has 0 radical (unpaired) electrons. The first-order chi connectivity index (χ1) is 19.0. The van der Waals surface area contributed by atoms with Crippen molar-refractivity contribution in [3.63, 3.8) is 0 Å². The van der Waals surface area contributed by atoms with E-state index in [1.807, 2.05) is 65.3 Å². The first kappa shape index (κ1) is 25.8. The Morgan fingerprint density at radius 1 is 0.923 bits per heavy atom. The molecule has 0 saturated heterocycles. The van der Waals surface area contributed by atoms with Crippen LogP contribution in [0.15, 0.2) is 90.2 Å². The number of benzene rings is 2. The van der Waals surface area contributed by atoms with E-state index in [2.05, 4.69) is 4.98 Å². The van der Waals surface area contributed by atoms with Crippen LogP contribution in [0.4, 0.5) is 0 Å². The zero-order valence-corrected chi connectivity index (χ0v) is 22.1. The molecule has 0 aliphatic heterocycles. The quantitative estimate of drug-likeness (QED) is 0.253. The van der Waals surface area contributed by atoms with Crippen LogP contribution in [0.2, 0.25) is 0 Å². The van der Waals surface area contributed by atoms with Crippen molar-refractivity contribution in [3.05, 3.63) is 118 Å². The summed E-state index contributed by atoms with van der Waals surface area (Å²) in [6.07, 6.45) is 7.79. The van der Waals surface area contributed by atoms with Crippen LogP contribution >= 0.6 is 0 Å². The van der Waals surface area contributed by atoms with Gasteiger partial charge in [0.15, 0.2) is 0 Å². The average molecular weight is 524 g/mol. The van der Waals surface area contributed by atoms with Crippen LogP contribution in [0, 0.1) is 0 Å². The Hall–Kier alpha value is -4.85. The molecule has 8 nitrogen and oxygen atoms in total. The van der Waals surface area contributed by atoms with Crippen molar-refractivity contribution in [1.82, 2.24) is 14.0 Å². The van der Waals surface area contributed by atoms with Crippen LogP contribution in [0.5, 0.6) is 11.5 Å². The Bertz CT molecular complexity index is 1690. The summed E-state index contributed by atoms with van der Waals surface area (Å²) in [7, 11) is 3.20. The van der Waals surface area contributed by atoms with Gasteiger partial charge in [-0.2, -0.15) is 0 Å². The summed E-state index contributed by atoms with van der Waals surface area (Å²) >= 11 is 0. The van der Waals surface area contributed by atoms with E-state index < -0.39 is 0 Å². The van der Waals surface area contributed by atoms with Gasteiger partial charge in [0.05, 0.1) is 32.9 Å². The third-order valence-corrected chi connectivity index (χ3v) is 6.59. The van der Waals surface area contributed by atoms with E-state index >= 15 is 0 Å². The Morgan fingerprint density at radius 2 is 1.74 bits per heavy atom. The number of carbonyl (C=O) groups excluding carboxylic acids is 1. The lowest BCUT2D eigenvalue weighted by Crippen LogP contribution is -2.24. The van der Waals surface area contributed by atoms with Crippen LogP contribution in [0.3, 0.4) is 0 Å². The minimum atomic E-state index is -0.359. The van der Waals surface area contributed by atoms with E-state index in [4.69, 9.17) is 14.2 Å². The highest BCUT2D eigenvalue weighted by molar-refractivity contribution is 5.89. The van der Waals surface area contributed by atoms with Crippen molar-refractivity contribution < 1.29 is 19.0 Å². The third kappa shape index (κ3) is 5.40. The molecule has 0 bridgehead atoms. The second-order valence-corrected chi connectivity index (χ2v) is 9.05. The zero-order chi connectivity index (χ0) is 27.4. The van der Waals surface area contributed by atoms with Gasteiger partial charge in [-0.3, -0.25) is 9.78 Å². The van der Waals surface area contributed by atoms with Crippen molar-refractivity contribution in [1.29, 1.82) is 0 Å². The first-order valence-corrected chi connectivity index (χ1v) is 12.6. The lowest BCUT2D eigenvalue weighted by molar-refractivity contribution is 0.0526. The van der Waals surface area contributed by atoms with Crippen molar-refractivity contribution in [3.8, 4) is 22.6 Å². The van der Waals surface area contributed by atoms with Crippen LogP contribution in [0.1, 0.15) is 34.1 Å². The number of carbonyl (C=O) groups is 1. The molecule has 3 aromatic heterocycles. The number of pyridine rings is 1. The molecule has 0 atom stereocenters. The Morgan fingerprint density at radius 3 is 2.49 bits per heavy atom. The Labute approximate surface area is 226 Å². The van der Waals surface area contributed by atoms with E-state index in [-0.39, 0.29) is 11.5 Å². The highest BCUT2D eigenvalue weighted by atomic mass is 16.5. The maximum absolute atomic E-state index is 13.7. The summed E-state index contributed by atoms with van der Waals surface area (Å²) in [4.78, 5) is 30.2. The molecule has 0 spiro atoms. The molecule has 0 aliphatic rings. The van der Waals surface area contributed by atoms with Crippen LogP contribution in [-0.2, 0) is 17.7 Å². The molecule has 0 N–H and O–H groups in total. The molecule has 5 aromatic rings. The third-order valence-electron chi connectivity index (χ3n) is 6.59. The summed E-state index contributed by atoms with van der Waals surface area (Å²) in [5.74, 6) is 0.953. The summed E-state index contributed by atoms with van der Waals surface area (Å²) in [6, 6.07) is 18.7. The van der Waals surface area contributed by atoms with E-state index in [9.17, 15) is 9.59 Å². The number of nitrogens with zero attached hydrogens (tertiary/aromatic N) is 3. The smallest absolute Gasteiger partial charge is 0.338 e. The lowest BCUT2D eigenvalue weighted by Gasteiger charge is -2.15. The van der Waals surface area contributed by atoms with Gasteiger partial charge in [-0.25, -0.2) is 4.79 Å². The Kier molecular flexibility index (Phi) is 7.45. The van der Waals surface area contributed by atoms with Gasteiger partial charge >= 0.3 is 5.97 Å². The number of esters is 1. The van der Waals surface area contributed by atoms with E-state index in [1.54, 1.807) is 50.2 Å². The Balaban J connectivity index is 1.62. The summed E-state index contributed by atoms with van der Waals surface area (Å²) in [6.45, 7) is 2.41. The minimum absolute atomic E-state index is 0.128. The first-order valence-electron chi connectivity index (χ1n) is 12.6. The second-order valence-electron chi connectivity index (χ2n) is 9.05. The molecule has 0 fully saturated rings. The lowest BCUT2D eigenvalue weighted by atomic mass is 10.1. The number of rotatable bonds is 9. The van der Waals surface area contributed by atoms with Crippen LogP contribution < -0.4 is 15.0 Å². The van der Waals surface area contributed by atoms with Crippen LogP contribution in [-0.4, -0.2) is 40.7 Å². The van der Waals surface area contributed by atoms with Crippen molar-refractivity contribution >= 4 is 11.5 Å². The van der Waals surface area contributed by atoms with Gasteiger partial charge < -0.3 is 23.2 Å². The number of hydrogen-bond donors (Lipinski definition) is 0. The molecular formula is C31H29N3O5. The van der Waals surface area contributed by atoms with Gasteiger partial charge in [0.2, 0.25) is 0 Å². The van der Waals surface area contributed by atoms with Crippen molar-refractivity contribution in [2.45, 2.75) is 19.9 Å². The maximum atomic E-state index is 13.7. The molecule has 0 unspecified atom stereocenters. The van der Waals surface area contributed by atoms with Gasteiger partial charge in [-0.1, -0.05) is 12.1 Å². The van der Waals surface area contributed by atoms with Gasteiger partial charge in [0.25, 0.3) is 5.56 Å². The maximum Gasteiger partial charge on any atom is 0.338 e. The summed E-state index contributed by atoms with van der Waals surface area (Å²) < 4.78 is 19.7. The predicted molar refractivity (Wildman–Crippen MR) is 149 cm³/mol. The SMILES string of the molecule is CCOC(=O)c1cccc(Cc2cn(Cc3ccc(OC)cc3OC)c(=O)c3cc(-c4ccncc4)cn23)c1. The predicted octanol–water partition coefficient (Wildman–Crippen LogP) is 5.00. The largest absolute Gasteiger partial charge is 0.497 e. The standard InChI is InChI=1S/C31H29N3O5/c1-4-39-31(36)23-7-5-6-21(14-23)15-26-20-33(18-24-8-9-27(37-2)17-29(24)38-3)30(35)28-16-25(19-34(26)28)22-10-12-32-13-11-22/h5-14,16-17,19-20H,4,15,18H2,1-3H3. The fraction of sp³-hybridized carbons (Fsp3) is 0.194. The van der Waals surface area contributed by atoms with E-state index in [0.717, 1.165) is 27.9 Å². The van der Waals surface area contributed by atoms with E-state index in [1.165, 1.54) is 0 Å². The van der Waals surface area contributed by atoms with Gasteiger partial charge in [-0.05, 0) is 60.5 Å². The molecule has 2 aromatic carbocycles. The number of fused-ring (bicyclic) bond motifs is 1. The van der Waals surface area contributed by atoms with Crippen LogP contribution in [0.25, 0.3) is 16.6 Å². The highest BCUT2D eigenvalue weighted by Gasteiger charge is 2.16. The summed E-state index contributed by atoms with van der Waals surface area (Å²) in [5, 5.41) is 0. The molecule has 39 heavy (non-hydrogen) atoms. The number of methoxy groups -OCH3 is 2. The fourth-order valence-corrected chi connectivity index (χ4v) is 4.66. The second kappa shape index (κ2) is 11.3. The molecule has 0 aliphatic carbocycles. The minimum Gasteiger partial charge on any atom is -0.497 e. The fourth-order valence-electron chi connectivity index (χ4n) is 4.66. The average Bonchev–Trinajstić information content (AvgIpc) is 3.43. The van der Waals surface area contributed by atoms with E-state index in [0.29, 0.717) is 42.2 Å². The monoisotopic (exact) mass is 523 g/mol. The summed E-state index contributed by atoms with van der Waals surface area (Å²) in [5.41, 5.74) is 5.45. The number of hydrogen-bond acceptors (Lipinski definition) is 6. The van der Waals surface area contributed by atoms with Crippen molar-refractivity contribution in [2.24, 2.45) is 0 Å².